The summed E-state index contributed by atoms with van der Waals surface area (Å²) in [5, 5.41) is 3.60. The molecule has 0 bridgehead atoms. The molecule has 0 fully saturated rings. The number of hydrogen-bond acceptors (Lipinski definition) is 3. The maximum Gasteiger partial charge on any atom is 0.241 e. The molecule has 162 valence electrons. The summed E-state index contributed by atoms with van der Waals surface area (Å²) in [6.07, 6.45) is 0. The van der Waals surface area contributed by atoms with Gasteiger partial charge in [-0.2, -0.15) is 0 Å². The standard InChI is InChI=1S/C27H26N2O2S/c30-32(31,25-19-11-4-12-20-25)29-26(22-13-5-1-6-14-22)21-28-27(23-15-7-2-8-16-23)24-17-9-3-10-18-24/h1-20,26-29H,21H2. The Labute approximate surface area is 190 Å². The van der Waals surface area contributed by atoms with E-state index >= 15 is 0 Å². The van der Waals surface area contributed by atoms with Crippen molar-refractivity contribution in [3.05, 3.63) is 138 Å². The van der Waals surface area contributed by atoms with Gasteiger partial charge in [0, 0.05) is 6.54 Å². The molecule has 2 N–H and O–H groups in total. The molecule has 4 aromatic rings. The van der Waals surface area contributed by atoms with E-state index < -0.39 is 16.1 Å². The lowest BCUT2D eigenvalue weighted by Crippen LogP contribution is -2.37. The monoisotopic (exact) mass is 442 g/mol. The second-order valence-electron chi connectivity index (χ2n) is 7.56. The molecule has 0 spiro atoms. The van der Waals surface area contributed by atoms with E-state index in [4.69, 9.17) is 0 Å². The van der Waals surface area contributed by atoms with Gasteiger partial charge in [0.1, 0.15) is 0 Å². The third-order valence-corrected chi connectivity index (χ3v) is 6.83. The summed E-state index contributed by atoms with van der Waals surface area (Å²) in [4.78, 5) is 0.253. The first kappa shape index (κ1) is 22.0. The highest BCUT2D eigenvalue weighted by Crippen LogP contribution is 2.24. The van der Waals surface area contributed by atoms with Gasteiger partial charge in [-0.15, -0.1) is 0 Å². The van der Waals surface area contributed by atoms with Gasteiger partial charge in [-0.3, -0.25) is 0 Å². The average molecular weight is 443 g/mol. The molecule has 1 unspecified atom stereocenters. The lowest BCUT2D eigenvalue weighted by molar-refractivity contribution is 0.506. The van der Waals surface area contributed by atoms with Crippen LogP contribution >= 0.6 is 0 Å². The molecule has 5 heteroatoms. The summed E-state index contributed by atoms with van der Waals surface area (Å²) in [6, 6.07) is 38.0. The largest absolute Gasteiger partial charge is 0.304 e. The molecule has 4 aromatic carbocycles. The van der Waals surface area contributed by atoms with Crippen molar-refractivity contribution in [3.63, 3.8) is 0 Å². The Morgan fingerprint density at radius 1 is 0.562 bits per heavy atom. The highest BCUT2D eigenvalue weighted by Gasteiger charge is 2.23. The number of sulfonamides is 1. The number of hydrogen-bond donors (Lipinski definition) is 2. The van der Waals surface area contributed by atoms with E-state index in [9.17, 15) is 8.42 Å². The fourth-order valence-corrected chi connectivity index (χ4v) is 4.97. The van der Waals surface area contributed by atoms with E-state index in [1.54, 1.807) is 30.3 Å². The zero-order chi connectivity index (χ0) is 22.2. The van der Waals surface area contributed by atoms with Gasteiger partial charge in [0.05, 0.1) is 17.0 Å². The predicted octanol–water partition coefficient (Wildman–Crippen LogP) is 5.09. The van der Waals surface area contributed by atoms with Crippen LogP contribution in [0.5, 0.6) is 0 Å². The molecule has 0 heterocycles. The molecule has 0 saturated heterocycles. The highest BCUT2D eigenvalue weighted by atomic mass is 32.2. The van der Waals surface area contributed by atoms with E-state index in [0.717, 1.165) is 16.7 Å². The summed E-state index contributed by atoms with van der Waals surface area (Å²) in [7, 11) is -3.67. The van der Waals surface area contributed by atoms with Crippen LogP contribution in [0, 0.1) is 0 Å². The average Bonchev–Trinajstić information content (AvgIpc) is 2.86. The first-order valence-electron chi connectivity index (χ1n) is 10.6. The molecule has 0 aliphatic carbocycles. The third-order valence-electron chi connectivity index (χ3n) is 5.34. The quantitative estimate of drug-likeness (QED) is 0.380. The molecule has 0 amide bonds. The van der Waals surface area contributed by atoms with Crippen LogP contribution < -0.4 is 10.0 Å². The van der Waals surface area contributed by atoms with Crippen LogP contribution in [0.4, 0.5) is 0 Å². The van der Waals surface area contributed by atoms with Crippen LogP contribution in [0.3, 0.4) is 0 Å². The third kappa shape index (κ3) is 5.51. The topological polar surface area (TPSA) is 58.2 Å². The highest BCUT2D eigenvalue weighted by molar-refractivity contribution is 7.89. The van der Waals surface area contributed by atoms with Crippen LogP contribution in [0.15, 0.2) is 126 Å². The van der Waals surface area contributed by atoms with Gasteiger partial charge >= 0.3 is 0 Å². The lowest BCUT2D eigenvalue weighted by Gasteiger charge is -2.25. The van der Waals surface area contributed by atoms with Crippen molar-refractivity contribution in [2.45, 2.75) is 17.0 Å². The molecule has 4 nitrogen and oxygen atoms in total. The van der Waals surface area contributed by atoms with Crippen molar-refractivity contribution in [3.8, 4) is 0 Å². The second kappa shape index (κ2) is 10.4. The Kier molecular flexibility index (Phi) is 7.12. The summed E-state index contributed by atoms with van der Waals surface area (Å²) in [5.41, 5.74) is 3.15. The van der Waals surface area contributed by atoms with Crippen molar-refractivity contribution in [1.82, 2.24) is 10.0 Å². The Balaban J connectivity index is 1.62. The molecule has 0 aliphatic heterocycles. The van der Waals surface area contributed by atoms with Crippen LogP contribution in [-0.4, -0.2) is 15.0 Å². The number of nitrogens with one attached hydrogen (secondary N) is 2. The minimum Gasteiger partial charge on any atom is -0.304 e. The first-order valence-corrected chi connectivity index (χ1v) is 12.1. The molecular weight excluding hydrogens is 416 g/mol. The van der Waals surface area contributed by atoms with Crippen molar-refractivity contribution in [1.29, 1.82) is 0 Å². The van der Waals surface area contributed by atoms with Crippen molar-refractivity contribution < 1.29 is 8.42 Å². The molecule has 0 saturated carbocycles. The fraction of sp³-hybridized carbons (Fsp3) is 0.111. The molecule has 32 heavy (non-hydrogen) atoms. The van der Waals surface area contributed by atoms with E-state index in [2.05, 4.69) is 34.3 Å². The van der Waals surface area contributed by atoms with Crippen molar-refractivity contribution >= 4 is 10.0 Å². The van der Waals surface area contributed by atoms with E-state index in [1.807, 2.05) is 66.7 Å². The summed E-state index contributed by atoms with van der Waals surface area (Å²) in [5.74, 6) is 0. The van der Waals surface area contributed by atoms with E-state index in [-0.39, 0.29) is 10.9 Å². The molecular formula is C27H26N2O2S. The second-order valence-corrected chi connectivity index (χ2v) is 9.27. The molecule has 0 aliphatic rings. The van der Waals surface area contributed by atoms with Crippen LogP contribution in [0.2, 0.25) is 0 Å². The van der Waals surface area contributed by atoms with Crippen LogP contribution in [0.1, 0.15) is 28.8 Å². The Morgan fingerprint density at radius 2 is 0.969 bits per heavy atom. The maximum atomic E-state index is 13.1. The lowest BCUT2D eigenvalue weighted by atomic mass is 9.98. The Bertz CT molecular complexity index is 1160. The minimum absolute atomic E-state index is 0.0650. The summed E-state index contributed by atoms with van der Waals surface area (Å²) >= 11 is 0. The van der Waals surface area contributed by atoms with Crippen LogP contribution in [-0.2, 0) is 10.0 Å². The first-order chi connectivity index (χ1) is 15.6. The zero-order valence-electron chi connectivity index (χ0n) is 17.6. The van der Waals surface area contributed by atoms with Gasteiger partial charge in [0.2, 0.25) is 10.0 Å². The summed E-state index contributed by atoms with van der Waals surface area (Å²) in [6.45, 7) is 0.421. The Morgan fingerprint density at radius 3 is 1.44 bits per heavy atom. The molecule has 0 radical (unpaired) electrons. The molecule has 1 atom stereocenters. The smallest absolute Gasteiger partial charge is 0.241 e. The predicted molar refractivity (Wildman–Crippen MR) is 129 cm³/mol. The number of rotatable bonds is 9. The number of benzene rings is 4. The van der Waals surface area contributed by atoms with Gasteiger partial charge < -0.3 is 5.32 Å². The van der Waals surface area contributed by atoms with Gasteiger partial charge in [-0.25, -0.2) is 13.1 Å². The fourth-order valence-electron chi connectivity index (χ4n) is 3.72. The van der Waals surface area contributed by atoms with Gasteiger partial charge in [-0.05, 0) is 28.8 Å². The molecule has 0 aromatic heterocycles. The van der Waals surface area contributed by atoms with Crippen molar-refractivity contribution in [2.24, 2.45) is 0 Å². The SMILES string of the molecule is O=S(=O)(NC(CNC(c1ccccc1)c1ccccc1)c1ccccc1)c1ccccc1. The van der Waals surface area contributed by atoms with E-state index in [1.165, 1.54) is 0 Å². The van der Waals surface area contributed by atoms with Gasteiger partial charge in [0.15, 0.2) is 0 Å². The zero-order valence-corrected chi connectivity index (χ0v) is 18.5. The van der Waals surface area contributed by atoms with Gasteiger partial charge in [0.25, 0.3) is 0 Å². The molecule has 4 rings (SSSR count). The minimum atomic E-state index is -3.67. The van der Waals surface area contributed by atoms with Crippen molar-refractivity contribution in [2.75, 3.05) is 6.54 Å². The van der Waals surface area contributed by atoms with E-state index in [0.29, 0.717) is 6.54 Å². The van der Waals surface area contributed by atoms with Crippen LogP contribution in [0.25, 0.3) is 0 Å². The summed E-state index contributed by atoms with van der Waals surface area (Å²) < 4.78 is 29.0. The normalized spacial score (nSPS) is 12.5. The Hall–Kier alpha value is -3.25. The van der Waals surface area contributed by atoms with Gasteiger partial charge in [-0.1, -0.05) is 109 Å². The maximum absolute atomic E-state index is 13.1.